The second-order valence-corrected chi connectivity index (χ2v) is 5.81. The Morgan fingerprint density at radius 3 is 2.56 bits per heavy atom. The minimum atomic E-state index is -0.213. The predicted octanol–water partition coefficient (Wildman–Crippen LogP) is 3.39. The third kappa shape index (κ3) is 3.06. The highest BCUT2D eigenvalue weighted by atomic mass is 32.1. The summed E-state index contributed by atoms with van der Waals surface area (Å²) in [4.78, 5) is 13.7. The maximum absolute atomic E-state index is 11.2. The number of carbonyl (C=O) groups excluding carboxylic acids is 1. The third-order valence-corrected chi connectivity index (χ3v) is 3.90. The third-order valence-electron chi connectivity index (χ3n) is 2.92. The van der Waals surface area contributed by atoms with Gasteiger partial charge < -0.3 is 4.79 Å². The zero-order chi connectivity index (χ0) is 13.0. The average Bonchev–Trinajstić information content (AvgIpc) is 2.71. The molecule has 0 fully saturated rings. The summed E-state index contributed by atoms with van der Waals surface area (Å²) in [5.41, 5.74) is 2.29. The van der Waals surface area contributed by atoms with Crippen molar-refractivity contribution >= 4 is 17.6 Å². The van der Waals surface area contributed by atoms with Crippen LogP contribution in [0, 0.1) is 13.8 Å². The molecule has 2 rings (SSSR count). The van der Waals surface area contributed by atoms with E-state index in [4.69, 9.17) is 0 Å². The van der Waals surface area contributed by atoms with Crippen molar-refractivity contribution in [2.45, 2.75) is 26.4 Å². The van der Waals surface area contributed by atoms with Crippen molar-refractivity contribution in [2.75, 3.05) is 0 Å². The summed E-state index contributed by atoms with van der Waals surface area (Å²) in [6.45, 7) is 4.84. The van der Waals surface area contributed by atoms with Crippen LogP contribution in [0.25, 0.3) is 0 Å². The fraction of sp³-hybridized carbons (Fsp3) is 0.267. The molecule has 0 saturated carbocycles. The summed E-state index contributed by atoms with van der Waals surface area (Å²) in [6, 6.07) is 12.0. The van der Waals surface area contributed by atoms with Gasteiger partial charge in [0.15, 0.2) is 0 Å². The molecule has 0 aliphatic heterocycles. The van der Waals surface area contributed by atoms with E-state index in [9.17, 15) is 4.79 Å². The molecule has 0 spiro atoms. The highest BCUT2D eigenvalue weighted by molar-refractivity contribution is 7.12. The van der Waals surface area contributed by atoms with Crippen LogP contribution < -0.4 is 5.32 Å². The Balaban J connectivity index is 2.06. The largest absolute Gasteiger partial charge is 0.301 e. The Hall–Kier alpha value is -1.45. The molecule has 1 aromatic carbocycles. The highest BCUT2D eigenvalue weighted by Gasteiger charge is 2.14. The number of thiophene rings is 1. The van der Waals surface area contributed by atoms with Crippen molar-refractivity contribution in [3.63, 3.8) is 0 Å². The molecule has 18 heavy (non-hydrogen) atoms. The monoisotopic (exact) mass is 259 g/mol. The van der Waals surface area contributed by atoms with Crippen molar-refractivity contribution < 1.29 is 4.79 Å². The molecule has 0 aliphatic rings. The molecule has 2 nitrogen and oxygen atoms in total. The van der Waals surface area contributed by atoms with Crippen LogP contribution in [0.4, 0.5) is 0 Å². The molecule has 0 saturated heterocycles. The lowest BCUT2D eigenvalue weighted by Gasteiger charge is -2.12. The predicted molar refractivity (Wildman–Crippen MR) is 75.9 cm³/mol. The number of hydrogen-bond donors (Lipinski definition) is 1. The number of hydrogen-bond acceptors (Lipinski definition) is 3. The lowest BCUT2D eigenvalue weighted by Crippen LogP contribution is -2.22. The Labute approximate surface area is 112 Å². The fourth-order valence-corrected chi connectivity index (χ4v) is 2.99. The van der Waals surface area contributed by atoms with E-state index in [1.807, 2.05) is 18.2 Å². The summed E-state index contributed by atoms with van der Waals surface area (Å²) < 4.78 is 0. The number of benzene rings is 1. The summed E-state index contributed by atoms with van der Waals surface area (Å²) in [5, 5.41) is 3.29. The Kier molecular flexibility index (Phi) is 4.28. The quantitative estimate of drug-likeness (QED) is 0.834. The molecule has 0 bridgehead atoms. The van der Waals surface area contributed by atoms with Gasteiger partial charge in [-0.15, -0.1) is 11.3 Å². The molecule has 0 radical (unpaired) electrons. The number of rotatable bonds is 5. The molecule has 0 aliphatic carbocycles. The van der Waals surface area contributed by atoms with Gasteiger partial charge in [0.25, 0.3) is 0 Å². The maximum atomic E-state index is 11.2. The minimum absolute atomic E-state index is 0.213. The molecule has 1 aromatic heterocycles. The molecule has 94 valence electrons. The van der Waals surface area contributed by atoms with Crippen molar-refractivity contribution in [1.82, 2.24) is 5.32 Å². The Bertz CT molecular complexity index is 519. The maximum Gasteiger partial charge on any atom is 0.141 e. The normalized spacial score (nSPS) is 12.3. The summed E-state index contributed by atoms with van der Waals surface area (Å²) in [6.07, 6.45) is 0.984. The van der Waals surface area contributed by atoms with Gasteiger partial charge in [-0.1, -0.05) is 30.3 Å². The van der Waals surface area contributed by atoms with Crippen LogP contribution in [0.5, 0.6) is 0 Å². The Morgan fingerprint density at radius 2 is 2.00 bits per heavy atom. The topological polar surface area (TPSA) is 29.1 Å². The molecule has 1 heterocycles. The fourth-order valence-electron chi connectivity index (χ4n) is 2.01. The van der Waals surface area contributed by atoms with Gasteiger partial charge in [0.2, 0.25) is 0 Å². The van der Waals surface area contributed by atoms with Gasteiger partial charge in [-0.25, -0.2) is 0 Å². The van der Waals surface area contributed by atoms with Crippen LogP contribution in [0.2, 0.25) is 0 Å². The number of aryl methyl sites for hydroxylation is 2. The van der Waals surface area contributed by atoms with E-state index in [1.54, 1.807) is 11.3 Å². The van der Waals surface area contributed by atoms with E-state index in [0.717, 1.165) is 11.8 Å². The van der Waals surface area contributed by atoms with Crippen LogP contribution in [-0.2, 0) is 11.3 Å². The van der Waals surface area contributed by atoms with E-state index < -0.39 is 0 Å². The van der Waals surface area contributed by atoms with Gasteiger partial charge in [-0.3, -0.25) is 5.32 Å². The lowest BCUT2D eigenvalue weighted by molar-refractivity contribution is -0.109. The summed E-state index contributed by atoms with van der Waals surface area (Å²) in [5.74, 6) is 0. The Morgan fingerprint density at radius 1 is 1.28 bits per heavy atom. The summed E-state index contributed by atoms with van der Waals surface area (Å²) in [7, 11) is 0. The van der Waals surface area contributed by atoms with Crippen molar-refractivity contribution in [2.24, 2.45) is 0 Å². The van der Waals surface area contributed by atoms with Crippen LogP contribution in [0.1, 0.15) is 26.9 Å². The van der Waals surface area contributed by atoms with Crippen LogP contribution >= 0.6 is 11.3 Å². The molecular weight excluding hydrogens is 242 g/mol. The second-order valence-electron chi connectivity index (χ2n) is 4.35. The number of nitrogens with one attached hydrogen (secondary N) is 1. The lowest BCUT2D eigenvalue weighted by atomic mass is 10.1. The van der Waals surface area contributed by atoms with Crippen LogP contribution in [0.15, 0.2) is 36.4 Å². The van der Waals surface area contributed by atoms with Gasteiger partial charge in [0, 0.05) is 16.3 Å². The average molecular weight is 259 g/mol. The zero-order valence-electron chi connectivity index (χ0n) is 10.6. The van der Waals surface area contributed by atoms with Crippen molar-refractivity contribution in [1.29, 1.82) is 0 Å². The zero-order valence-corrected chi connectivity index (χ0v) is 11.5. The van der Waals surface area contributed by atoms with E-state index in [2.05, 4.69) is 37.4 Å². The van der Waals surface area contributed by atoms with E-state index >= 15 is 0 Å². The number of aldehydes is 1. The van der Waals surface area contributed by atoms with E-state index in [-0.39, 0.29) is 6.04 Å². The first-order valence-electron chi connectivity index (χ1n) is 6.00. The van der Waals surface area contributed by atoms with Crippen LogP contribution in [0.3, 0.4) is 0 Å². The minimum Gasteiger partial charge on any atom is -0.301 e. The molecular formula is C15H17NOS. The van der Waals surface area contributed by atoms with Gasteiger partial charge in [-0.2, -0.15) is 0 Å². The van der Waals surface area contributed by atoms with Crippen LogP contribution in [-0.4, -0.2) is 6.29 Å². The van der Waals surface area contributed by atoms with Gasteiger partial charge in [0.05, 0.1) is 6.04 Å². The number of carbonyl (C=O) groups is 1. The first kappa shape index (κ1) is 13.0. The van der Waals surface area contributed by atoms with Crippen molar-refractivity contribution in [3.8, 4) is 0 Å². The standard InChI is InChI=1S/C15H17NOS/c1-11-8-14(12(2)18-11)15(10-17)16-9-13-6-4-3-5-7-13/h3-8,10,15-16H,9H2,1-2H3. The molecule has 3 heteroatoms. The molecule has 1 unspecified atom stereocenters. The first-order valence-corrected chi connectivity index (χ1v) is 6.82. The SMILES string of the molecule is Cc1cc(C(C=O)NCc2ccccc2)c(C)s1. The van der Waals surface area contributed by atoms with Gasteiger partial charge in [-0.05, 0) is 31.0 Å². The van der Waals surface area contributed by atoms with Crippen molar-refractivity contribution in [3.05, 3.63) is 57.3 Å². The van der Waals surface area contributed by atoms with E-state index in [0.29, 0.717) is 6.54 Å². The molecule has 1 N–H and O–H groups in total. The molecule has 1 atom stereocenters. The molecule has 0 amide bonds. The summed E-state index contributed by atoms with van der Waals surface area (Å²) >= 11 is 1.74. The van der Waals surface area contributed by atoms with Gasteiger partial charge >= 0.3 is 0 Å². The van der Waals surface area contributed by atoms with E-state index in [1.165, 1.54) is 15.3 Å². The second kappa shape index (κ2) is 5.94. The molecule has 2 aromatic rings. The van der Waals surface area contributed by atoms with Gasteiger partial charge in [0.1, 0.15) is 6.29 Å². The smallest absolute Gasteiger partial charge is 0.141 e. The first-order chi connectivity index (χ1) is 8.70. The highest BCUT2D eigenvalue weighted by Crippen LogP contribution is 2.25.